The predicted molar refractivity (Wildman–Crippen MR) is 110 cm³/mol. The second-order valence-electron chi connectivity index (χ2n) is 8.13. The van der Waals surface area contributed by atoms with Crippen molar-refractivity contribution in [1.29, 1.82) is 0 Å². The van der Waals surface area contributed by atoms with Crippen molar-refractivity contribution in [3.8, 4) is 0 Å². The van der Waals surface area contributed by atoms with Crippen LogP contribution in [0.15, 0.2) is 35.3 Å². The Morgan fingerprint density at radius 2 is 1.96 bits per heavy atom. The summed E-state index contributed by atoms with van der Waals surface area (Å²) in [6.07, 6.45) is 5.74. The van der Waals surface area contributed by atoms with Crippen LogP contribution in [0.3, 0.4) is 0 Å². The monoisotopic (exact) mass is 376 g/mol. The molecule has 3 aromatic rings. The zero-order valence-electron chi connectivity index (χ0n) is 16.3. The Balaban J connectivity index is 1.54. The van der Waals surface area contributed by atoms with Crippen LogP contribution in [0.1, 0.15) is 30.5 Å². The summed E-state index contributed by atoms with van der Waals surface area (Å²) < 4.78 is 0. The van der Waals surface area contributed by atoms with Gasteiger partial charge in [0.05, 0.1) is 22.9 Å². The summed E-state index contributed by atoms with van der Waals surface area (Å²) in [5, 5.41) is 0. The minimum absolute atomic E-state index is 0.00759. The van der Waals surface area contributed by atoms with Gasteiger partial charge in [0.15, 0.2) is 0 Å². The van der Waals surface area contributed by atoms with Gasteiger partial charge in [0.25, 0.3) is 5.56 Å². The minimum Gasteiger partial charge on any atom is -0.354 e. The van der Waals surface area contributed by atoms with Crippen molar-refractivity contribution < 1.29 is 0 Å². The van der Waals surface area contributed by atoms with Crippen LogP contribution < -0.4 is 15.4 Å². The number of aromatic nitrogens is 4. The predicted octanol–water partition coefficient (Wildman–Crippen LogP) is 2.26. The molecule has 1 aliphatic carbocycles. The van der Waals surface area contributed by atoms with Crippen molar-refractivity contribution >= 4 is 22.8 Å². The molecule has 7 heteroatoms. The fraction of sp³-hybridized carbons (Fsp3) is 0.429. The lowest BCUT2D eigenvalue weighted by molar-refractivity contribution is 0.333. The number of fused-ring (bicyclic) bond motifs is 3. The highest BCUT2D eigenvalue weighted by molar-refractivity contribution is 5.75. The van der Waals surface area contributed by atoms with Gasteiger partial charge < -0.3 is 9.80 Å². The highest BCUT2D eigenvalue weighted by atomic mass is 16.1. The van der Waals surface area contributed by atoms with Gasteiger partial charge in [0, 0.05) is 38.2 Å². The molecule has 1 fully saturated rings. The van der Waals surface area contributed by atoms with Crippen molar-refractivity contribution in [3.05, 3.63) is 52.1 Å². The van der Waals surface area contributed by atoms with Crippen molar-refractivity contribution in [2.75, 3.05) is 37.0 Å². The fourth-order valence-electron chi connectivity index (χ4n) is 4.68. The van der Waals surface area contributed by atoms with Crippen LogP contribution in [-0.2, 0) is 11.8 Å². The Kier molecular flexibility index (Phi) is 3.86. The molecule has 3 heterocycles. The first-order valence-corrected chi connectivity index (χ1v) is 9.83. The summed E-state index contributed by atoms with van der Waals surface area (Å²) in [5.74, 6) is 1.54. The Labute approximate surface area is 163 Å². The topological polar surface area (TPSA) is 78.0 Å². The van der Waals surface area contributed by atoms with Gasteiger partial charge in [-0.1, -0.05) is 12.1 Å². The van der Waals surface area contributed by atoms with Crippen molar-refractivity contribution in [2.24, 2.45) is 0 Å². The highest BCUT2D eigenvalue weighted by Gasteiger charge is 2.45. The molecule has 2 aliphatic rings. The van der Waals surface area contributed by atoms with Gasteiger partial charge in [0.2, 0.25) is 5.95 Å². The normalized spacial score (nSPS) is 21.3. The SMILES string of the molecule is CN(C)c1nc2c(c(=O)[nH]1)CCC21CCCN(c2cnc3ccccc3n2)C1. The number of anilines is 2. The number of hydrogen-bond acceptors (Lipinski definition) is 6. The van der Waals surface area contributed by atoms with Crippen molar-refractivity contribution in [1.82, 2.24) is 19.9 Å². The molecule has 7 nitrogen and oxygen atoms in total. The van der Waals surface area contributed by atoms with Gasteiger partial charge in [-0.15, -0.1) is 0 Å². The fourth-order valence-corrected chi connectivity index (χ4v) is 4.68. The maximum atomic E-state index is 12.6. The van der Waals surface area contributed by atoms with E-state index in [4.69, 9.17) is 9.97 Å². The smallest absolute Gasteiger partial charge is 0.255 e. The third kappa shape index (κ3) is 2.65. The first-order valence-electron chi connectivity index (χ1n) is 9.83. The van der Waals surface area contributed by atoms with E-state index >= 15 is 0 Å². The summed E-state index contributed by atoms with van der Waals surface area (Å²) >= 11 is 0. The van der Waals surface area contributed by atoms with Gasteiger partial charge >= 0.3 is 0 Å². The molecule has 1 spiro atoms. The number of hydrogen-bond donors (Lipinski definition) is 1. The van der Waals surface area contributed by atoms with Gasteiger partial charge in [-0.05, 0) is 37.8 Å². The second kappa shape index (κ2) is 6.29. The van der Waals surface area contributed by atoms with Crippen LogP contribution in [0.4, 0.5) is 11.8 Å². The average molecular weight is 376 g/mol. The standard InChI is InChI=1S/C21H24N6O/c1-26(2)20-24-18-14(19(28)25-20)8-10-21(18)9-5-11-27(13-21)17-12-22-15-6-3-4-7-16(15)23-17/h3-4,6-7,12H,5,8-11,13H2,1-2H3,(H,24,25,28). The number of rotatable bonds is 2. The van der Waals surface area contributed by atoms with E-state index in [1.807, 2.05) is 49.5 Å². The summed E-state index contributed by atoms with van der Waals surface area (Å²) in [6.45, 7) is 1.78. The average Bonchev–Trinajstić information content (AvgIpc) is 3.06. The second-order valence-corrected chi connectivity index (χ2v) is 8.13. The molecule has 144 valence electrons. The van der Waals surface area contributed by atoms with Crippen LogP contribution in [-0.4, -0.2) is 47.1 Å². The number of H-pyrrole nitrogens is 1. The molecule has 1 aliphatic heterocycles. The molecule has 0 amide bonds. The van der Waals surface area contributed by atoms with Gasteiger partial charge in [-0.25, -0.2) is 9.97 Å². The van der Waals surface area contributed by atoms with E-state index in [-0.39, 0.29) is 11.0 Å². The molecular weight excluding hydrogens is 352 g/mol. The molecular formula is C21H24N6O. The molecule has 0 radical (unpaired) electrons. The number of nitrogens with zero attached hydrogens (tertiary/aromatic N) is 5. The van der Waals surface area contributed by atoms with E-state index in [0.717, 1.165) is 66.9 Å². The van der Waals surface area contributed by atoms with E-state index in [1.54, 1.807) is 0 Å². The van der Waals surface area contributed by atoms with Crippen LogP contribution in [0.5, 0.6) is 0 Å². The maximum Gasteiger partial charge on any atom is 0.255 e. The van der Waals surface area contributed by atoms with Crippen LogP contribution in [0.25, 0.3) is 11.0 Å². The number of para-hydroxylation sites is 2. The first kappa shape index (κ1) is 17.2. The Morgan fingerprint density at radius 1 is 1.14 bits per heavy atom. The maximum absolute atomic E-state index is 12.6. The zero-order chi connectivity index (χ0) is 19.3. The number of nitrogens with one attached hydrogen (secondary N) is 1. The molecule has 1 unspecified atom stereocenters. The van der Waals surface area contributed by atoms with Gasteiger partial charge in [-0.2, -0.15) is 0 Å². The van der Waals surface area contributed by atoms with E-state index < -0.39 is 0 Å². The molecule has 1 aromatic carbocycles. The van der Waals surface area contributed by atoms with E-state index in [2.05, 4.69) is 14.9 Å². The minimum atomic E-state index is -0.0834. The Bertz CT molecular complexity index is 1110. The highest BCUT2D eigenvalue weighted by Crippen LogP contribution is 2.44. The Hall–Kier alpha value is -2.96. The van der Waals surface area contributed by atoms with Crippen molar-refractivity contribution in [2.45, 2.75) is 31.1 Å². The largest absolute Gasteiger partial charge is 0.354 e. The van der Waals surface area contributed by atoms with E-state index in [1.165, 1.54) is 0 Å². The molecule has 5 rings (SSSR count). The quantitative estimate of drug-likeness (QED) is 0.739. The third-order valence-electron chi connectivity index (χ3n) is 6.12. The summed E-state index contributed by atoms with van der Waals surface area (Å²) in [5.41, 5.74) is 3.59. The van der Waals surface area contributed by atoms with Gasteiger partial charge in [0.1, 0.15) is 5.82 Å². The van der Waals surface area contributed by atoms with Crippen molar-refractivity contribution in [3.63, 3.8) is 0 Å². The summed E-state index contributed by atoms with van der Waals surface area (Å²) in [6, 6.07) is 7.95. The first-order chi connectivity index (χ1) is 13.6. The summed E-state index contributed by atoms with van der Waals surface area (Å²) in [4.78, 5) is 34.0. The zero-order valence-corrected chi connectivity index (χ0v) is 16.3. The van der Waals surface area contributed by atoms with Crippen LogP contribution >= 0.6 is 0 Å². The van der Waals surface area contributed by atoms with Gasteiger partial charge in [-0.3, -0.25) is 14.8 Å². The molecule has 0 saturated carbocycles. The molecule has 1 saturated heterocycles. The molecule has 1 atom stereocenters. The van der Waals surface area contributed by atoms with Crippen LogP contribution in [0, 0.1) is 0 Å². The Morgan fingerprint density at radius 3 is 2.79 bits per heavy atom. The molecule has 1 N–H and O–H groups in total. The number of piperidine rings is 1. The number of benzene rings is 1. The molecule has 28 heavy (non-hydrogen) atoms. The third-order valence-corrected chi connectivity index (χ3v) is 6.12. The lowest BCUT2D eigenvalue weighted by Crippen LogP contribution is -2.46. The molecule has 0 bridgehead atoms. The molecule has 2 aromatic heterocycles. The lowest BCUT2D eigenvalue weighted by Gasteiger charge is -2.41. The summed E-state index contributed by atoms with van der Waals surface area (Å²) in [7, 11) is 3.81. The number of aromatic amines is 1. The van der Waals surface area contributed by atoms with E-state index in [0.29, 0.717) is 5.95 Å². The van der Waals surface area contributed by atoms with Crippen LogP contribution in [0.2, 0.25) is 0 Å². The lowest BCUT2D eigenvalue weighted by atomic mass is 9.77. The van der Waals surface area contributed by atoms with E-state index in [9.17, 15) is 4.79 Å².